The van der Waals surface area contributed by atoms with Gasteiger partial charge in [0, 0.05) is 30.4 Å². The Balaban J connectivity index is 1.83. The third-order valence-corrected chi connectivity index (χ3v) is 5.35. The SMILES string of the molecule is CCCCn1c2c(cc(CNC3CCCC3)c1=O)CCCC2. The average Bonchev–Trinajstić information content (AvgIpc) is 3.06. The van der Waals surface area contributed by atoms with Crippen molar-refractivity contribution in [1.29, 1.82) is 0 Å². The minimum absolute atomic E-state index is 0.264. The minimum Gasteiger partial charge on any atom is -0.312 e. The number of fused-ring (bicyclic) bond motifs is 1. The highest BCUT2D eigenvalue weighted by Crippen LogP contribution is 2.22. The van der Waals surface area contributed by atoms with Gasteiger partial charge in [0.2, 0.25) is 0 Å². The molecule has 3 nitrogen and oxygen atoms in total. The maximum absolute atomic E-state index is 12.9. The van der Waals surface area contributed by atoms with Gasteiger partial charge in [-0.25, -0.2) is 0 Å². The third-order valence-electron chi connectivity index (χ3n) is 5.35. The van der Waals surface area contributed by atoms with Gasteiger partial charge in [-0.05, 0) is 56.6 Å². The predicted octanol–water partition coefficient (Wildman–Crippen LogP) is 3.56. The normalized spacial score (nSPS) is 18.6. The van der Waals surface area contributed by atoms with Crippen LogP contribution >= 0.6 is 0 Å². The zero-order chi connectivity index (χ0) is 15.4. The Morgan fingerprint density at radius 2 is 1.95 bits per heavy atom. The smallest absolute Gasteiger partial charge is 0.255 e. The lowest BCUT2D eigenvalue weighted by atomic mass is 9.94. The molecule has 1 heterocycles. The molecule has 1 aromatic heterocycles. The van der Waals surface area contributed by atoms with E-state index in [1.54, 1.807) is 0 Å². The topological polar surface area (TPSA) is 34.0 Å². The minimum atomic E-state index is 0.264. The molecule has 0 radical (unpaired) electrons. The largest absolute Gasteiger partial charge is 0.312 e. The van der Waals surface area contributed by atoms with Gasteiger partial charge in [-0.2, -0.15) is 0 Å². The van der Waals surface area contributed by atoms with Crippen molar-refractivity contribution in [3.8, 4) is 0 Å². The summed E-state index contributed by atoms with van der Waals surface area (Å²) in [6.07, 6.45) is 12.2. The maximum Gasteiger partial charge on any atom is 0.255 e. The lowest BCUT2D eigenvalue weighted by Gasteiger charge is -2.23. The number of pyridine rings is 1. The Hall–Kier alpha value is -1.09. The van der Waals surface area contributed by atoms with Crippen LogP contribution in [0.4, 0.5) is 0 Å². The molecule has 0 unspecified atom stereocenters. The Kier molecular flexibility index (Phi) is 5.35. The molecule has 0 aliphatic heterocycles. The number of hydrogen-bond acceptors (Lipinski definition) is 2. The Labute approximate surface area is 134 Å². The highest BCUT2D eigenvalue weighted by atomic mass is 16.1. The Morgan fingerprint density at radius 1 is 1.18 bits per heavy atom. The lowest BCUT2D eigenvalue weighted by Crippen LogP contribution is -2.34. The molecule has 0 saturated heterocycles. The summed E-state index contributed by atoms with van der Waals surface area (Å²) in [7, 11) is 0. The van der Waals surface area contributed by atoms with Crippen molar-refractivity contribution >= 4 is 0 Å². The van der Waals surface area contributed by atoms with E-state index in [4.69, 9.17) is 0 Å². The molecule has 2 aliphatic carbocycles. The number of aryl methyl sites for hydroxylation is 1. The van der Waals surface area contributed by atoms with E-state index in [9.17, 15) is 4.79 Å². The van der Waals surface area contributed by atoms with E-state index in [1.165, 1.54) is 49.8 Å². The molecule has 1 aromatic rings. The second kappa shape index (κ2) is 7.45. The van der Waals surface area contributed by atoms with Crippen LogP contribution in [-0.4, -0.2) is 10.6 Å². The summed E-state index contributed by atoms with van der Waals surface area (Å²) in [5, 5.41) is 3.62. The van der Waals surface area contributed by atoms with Gasteiger partial charge in [-0.1, -0.05) is 26.2 Å². The van der Waals surface area contributed by atoms with Crippen molar-refractivity contribution in [2.45, 2.75) is 90.3 Å². The van der Waals surface area contributed by atoms with Gasteiger partial charge in [0.25, 0.3) is 5.56 Å². The highest BCUT2D eigenvalue weighted by molar-refractivity contribution is 5.29. The molecule has 3 rings (SSSR count). The van der Waals surface area contributed by atoms with Gasteiger partial charge in [-0.15, -0.1) is 0 Å². The van der Waals surface area contributed by atoms with Crippen LogP contribution in [0, 0.1) is 0 Å². The number of aromatic nitrogens is 1. The first-order valence-electron chi connectivity index (χ1n) is 9.27. The van der Waals surface area contributed by atoms with Crippen LogP contribution in [0.5, 0.6) is 0 Å². The van der Waals surface area contributed by atoms with Crippen LogP contribution in [-0.2, 0) is 25.9 Å². The van der Waals surface area contributed by atoms with Gasteiger partial charge in [0.05, 0.1) is 0 Å². The summed E-state index contributed by atoms with van der Waals surface area (Å²) < 4.78 is 2.10. The van der Waals surface area contributed by atoms with E-state index in [2.05, 4.69) is 22.9 Å². The zero-order valence-corrected chi connectivity index (χ0v) is 14.0. The molecule has 1 saturated carbocycles. The fourth-order valence-electron chi connectivity index (χ4n) is 4.01. The fourth-order valence-corrected chi connectivity index (χ4v) is 4.01. The van der Waals surface area contributed by atoms with Crippen molar-refractivity contribution in [1.82, 2.24) is 9.88 Å². The number of hydrogen-bond donors (Lipinski definition) is 1. The van der Waals surface area contributed by atoms with Gasteiger partial charge < -0.3 is 9.88 Å². The number of rotatable bonds is 6. The molecule has 3 heteroatoms. The molecule has 1 N–H and O–H groups in total. The summed E-state index contributed by atoms with van der Waals surface area (Å²) >= 11 is 0. The second-order valence-corrected chi connectivity index (χ2v) is 7.02. The van der Waals surface area contributed by atoms with Gasteiger partial charge in [0.1, 0.15) is 0 Å². The van der Waals surface area contributed by atoms with Gasteiger partial charge in [0.15, 0.2) is 0 Å². The predicted molar refractivity (Wildman–Crippen MR) is 91.3 cm³/mol. The third kappa shape index (κ3) is 3.45. The second-order valence-electron chi connectivity index (χ2n) is 7.02. The van der Waals surface area contributed by atoms with Crippen molar-refractivity contribution in [2.75, 3.05) is 0 Å². The summed E-state index contributed by atoms with van der Waals surface area (Å²) in [5.41, 5.74) is 4.02. The number of unbranched alkanes of at least 4 members (excludes halogenated alkanes) is 1. The van der Waals surface area contributed by atoms with Crippen LogP contribution in [0.3, 0.4) is 0 Å². The molecule has 0 aromatic carbocycles. The first-order valence-corrected chi connectivity index (χ1v) is 9.27. The molecule has 2 aliphatic rings. The molecular weight excluding hydrogens is 272 g/mol. The number of nitrogens with zero attached hydrogens (tertiary/aromatic N) is 1. The van der Waals surface area contributed by atoms with Crippen LogP contribution < -0.4 is 10.9 Å². The van der Waals surface area contributed by atoms with Crippen molar-refractivity contribution in [3.63, 3.8) is 0 Å². The highest BCUT2D eigenvalue weighted by Gasteiger charge is 2.19. The van der Waals surface area contributed by atoms with Gasteiger partial charge >= 0.3 is 0 Å². The van der Waals surface area contributed by atoms with Crippen LogP contribution in [0.15, 0.2) is 10.9 Å². The standard InChI is InChI=1S/C19H30N2O/c1-2-3-12-21-18-11-7-4-8-15(18)13-16(19(21)22)14-20-17-9-5-6-10-17/h13,17,20H,2-12,14H2,1H3. The van der Waals surface area contributed by atoms with Crippen molar-refractivity contribution in [2.24, 2.45) is 0 Å². The monoisotopic (exact) mass is 302 g/mol. The summed E-state index contributed by atoms with van der Waals surface area (Å²) in [4.78, 5) is 12.9. The van der Waals surface area contributed by atoms with E-state index in [1.807, 2.05) is 0 Å². The van der Waals surface area contributed by atoms with Crippen molar-refractivity contribution < 1.29 is 0 Å². The van der Waals surface area contributed by atoms with Crippen LogP contribution in [0.2, 0.25) is 0 Å². The fraction of sp³-hybridized carbons (Fsp3) is 0.737. The zero-order valence-electron chi connectivity index (χ0n) is 14.0. The molecule has 0 spiro atoms. The van der Waals surface area contributed by atoms with Crippen molar-refractivity contribution in [3.05, 3.63) is 33.2 Å². The molecule has 0 atom stereocenters. The van der Waals surface area contributed by atoms with Gasteiger partial charge in [-0.3, -0.25) is 4.79 Å². The summed E-state index contributed by atoms with van der Waals surface area (Å²) in [5.74, 6) is 0. The summed E-state index contributed by atoms with van der Waals surface area (Å²) in [6, 6.07) is 2.83. The van der Waals surface area contributed by atoms with E-state index in [0.717, 1.165) is 44.3 Å². The van der Waals surface area contributed by atoms with E-state index >= 15 is 0 Å². The molecule has 0 amide bonds. The first kappa shape index (κ1) is 15.8. The molecular formula is C19H30N2O. The summed E-state index contributed by atoms with van der Waals surface area (Å²) in [6.45, 7) is 3.85. The van der Waals surface area contributed by atoms with E-state index in [-0.39, 0.29) is 5.56 Å². The number of nitrogens with one attached hydrogen (secondary N) is 1. The Morgan fingerprint density at radius 3 is 2.73 bits per heavy atom. The molecule has 22 heavy (non-hydrogen) atoms. The van der Waals surface area contributed by atoms with E-state index < -0.39 is 0 Å². The molecule has 0 bridgehead atoms. The molecule has 1 fully saturated rings. The van der Waals surface area contributed by atoms with Crippen LogP contribution in [0.1, 0.15) is 75.1 Å². The first-order chi connectivity index (χ1) is 10.8. The Bertz CT molecular complexity index is 555. The van der Waals surface area contributed by atoms with E-state index in [0.29, 0.717) is 6.04 Å². The maximum atomic E-state index is 12.9. The lowest BCUT2D eigenvalue weighted by molar-refractivity contribution is 0.508. The quantitative estimate of drug-likeness (QED) is 0.872. The van der Waals surface area contributed by atoms with Crippen LogP contribution in [0.25, 0.3) is 0 Å². The molecule has 122 valence electrons. The average molecular weight is 302 g/mol.